The maximum absolute atomic E-state index is 13.7. The number of nitrogens with one attached hydrogen (secondary N) is 1. The minimum Gasteiger partial charge on any atom is -0.502 e. The molecule has 42 heavy (non-hydrogen) atoms. The number of hydrogen-bond acceptors (Lipinski definition) is 9. The fourth-order valence-corrected chi connectivity index (χ4v) is 2.91. The molecular weight excluding hydrogens is 618 g/mol. The van der Waals surface area contributed by atoms with Crippen molar-refractivity contribution in [2.24, 2.45) is 15.3 Å². The molecule has 230 valence electrons. The molecule has 0 unspecified atom stereocenters. The molecule has 17 heteroatoms. The molecule has 0 heterocycles. The fraction of sp³-hybridized carbons (Fsp3) is 0.320. The van der Waals surface area contributed by atoms with Crippen molar-refractivity contribution in [2.75, 3.05) is 5.43 Å². The van der Waals surface area contributed by atoms with Crippen LogP contribution in [0.5, 0.6) is 11.5 Å². The van der Waals surface area contributed by atoms with Crippen LogP contribution in [0.4, 0.5) is 33.3 Å². The van der Waals surface area contributed by atoms with E-state index in [0.29, 0.717) is 5.75 Å². The maximum Gasteiger partial charge on any atom is 0.451 e. The van der Waals surface area contributed by atoms with Gasteiger partial charge in [0.2, 0.25) is 11.5 Å². The van der Waals surface area contributed by atoms with Crippen LogP contribution in [0.3, 0.4) is 0 Å². The van der Waals surface area contributed by atoms with E-state index in [4.69, 9.17) is 42.9 Å². The molecule has 0 radical (unpaired) electrons. The Bertz CT molecular complexity index is 1380. The van der Waals surface area contributed by atoms with Crippen molar-refractivity contribution >= 4 is 52.5 Å². The van der Waals surface area contributed by atoms with Gasteiger partial charge in [0.1, 0.15) is 23.0 Å². The van der Waals surface area contributed by atoms with E-state index in [0.717, 1.165) is 24.4 Å². The molecule has 0 aliphatic heterocycles. The van der Waals surface area contributed by atoms with E-state index in [1.807, 2.05) is 13.8 Å². The van der Waals surface area contributed by atoms with Crippen molar-refractivity contribution in [2.45, 2.75) is 53.0 Å². The number of azo groups is 1. The van der Waals surface area contributed by atoms with E-state index in [1.165, 1.54) is 13.0 Å². The number of benzene rings is 2. The number of carbonyl (C=O) groups is 2. The number of anilines is 1. The summed E-state index contributed by atoms with van der Waals surface area (Å²) in [4.78, 5) is 21.4. The Morgan fingerprint density at radius 2 is 1.43 bits per heavy atom. The summed E-state index contributed by atoms with van der Waals surface area (Å²) < 4.78 is 74.9. The maximum atomic E-state index is 13.7. The number of Topliss-reactive ketones (excluding diaryl/α,β-unsaturated/α-hetero) is 1. The number of hydrogen-bond donors (Lipinski definition) is 3. The predicted octanol–water partition coefficient (Wildman–Crippen LogP) is 8.02. The van der Waals surface area contributed by atoms with E-state index in [2.05, 4.69) is 20.8 Å². The third kappa shape index (κ3) is 11.9. The molecule has 0 aliphatic carbocycles. The van der Waals surface area contributed by atoms with Crippen LogP contribution >= 0.6 is 23.2 Å². The first-order valence-electron chi connectivity index (χ1n) is 11.6. The summed E-state index contributed by atoms with van der Waals surface area (Å²) in [5.41, 5.74) is 0.100. The number of rotatable bonds is 10. The van der Waals surface area contributed by atoms with Gasteiger partial charge in [-0.25, -0.2) is 13.6 Å². The summed E-state index contributed by atoms with van der Waals surface area (Å²) in [6.07, 6.45) is -4.73. The van der Waals surface area contributed by atoms with Crippen molar-refractivity contribution in [3.05, 3.63) is 57.4 Å². The average molecular weight is 643 g/mol. The van der Waals surface area contributed by atoms with Crippen molar-refractivity contribution in [3.63, 3.8) is 0 Å². The van der Waals surface area contributed by atoms with Crippen LogP contribution in [-0.4, -0.2) is 46.6 Å². The van der Waals surface area contributed by atoms with Crippen LogP contribution in [0.2, 0.25) is 10.0 Å². The third-order valence-corrected chi connectivity index (χ3v) is 4.72. The van der Waals surface area contributed by atoms with Gasteiger partial charge in [0, 0.05) is 19.1 Å². The Balaban J connectivity index is 0.000000437. The van der Waals surface area contributed by atoms with E-state index in [-0.39, 0.29) is 39.5 Å². The van der Waals surface area contributed by atoms with Crippen molar-refractivity contribution in [1.29, 1.82) is 0 Å². The number of nitrogens with zero attached hydrogens (tertiary/aromatic N) is 3. The van der Waals surface area contributed by atoms with Gasteiger partial charge in [-0.05, 0) is 39.8 Å². The Kier molecular flexibility index (Phi) is 13.6. The summed E-state index contributed by atoms with van der Waals surface area (Å²) in [7, 11) is 0. The van der Waals surface area contributed by atoms with Crippen molar-refractivity contribution in [3.8, 4) is 11.5 Å². The topological polar surface area (TPSA) is 142 Å². The van der Waals surface area contributed by atoms with Gasteiger partial charge in [0.25, 0.3) is 0 Å². The van der Waals surface area contributed by atoms with Crippen LogP contribution < -0.4 is 14.9 Å². The summed E-state index contributed by atoms with van der Waals surface area (Å²) >= 11 is 11.6. The van der Waals surface area contributed by atoms with Gasteiger partial charge < -0.3 is 19.7 Å². The molecule has 0 aromatic heterocycles. The summed E-state index contributed by atoms with van der Waals surface area (Å²) in [6.45, 7) is 8.30. The largest absolute Gasteiger partial charge is 0.502 e. The van der Waals surface area contributed by atoms with Crippen LogP contribution in [-0.2, 0) is 9.59 Å². The number of carbonyl (C=O) groups excluding carboxylic acids is 1. The SMILES string of the molecule is CC(=O)/C=N\Nc1cc(OC(C)C)c(Cl)cc1F.CC(C)Oc1cc(N=NC(C(=O)O)=C(O)C(F)(F)F)c(F)cc1Cl. The molecule has 0 saturated carbocycles. The molecule has 0 saturated heterocycles. The number of ketones is 1. The normalized spacial score (nSPS) is 12.3. The van der Waals surface area contributed by atoms with Crippen LogP contribution in [0, 0.1) is 11.6 Å². The Morgan fingerprint density at radius 3 is 1.88 bits per heavy atom. The van der Waals surface area contributed by atoms with Gasteiger partial charge in [0.15, 0.2) is 11.6 Å². The highest BCUT2D eigenvalue weighted by Crippen LogP contribution is 2.34. The molecule has 0 spiro atoms. The molecule has 0 amide bonds. The van der Waals surface area contributed by atoms with E-state index in [1.54, 1.807) is 13.8 Å². The molecule has 2 aromatic rings. The quantitative estimate of drug-likeness (QED) is 0.0594. The number of halogens is 7. The van der Waals surface area contributed by atoms with Gasteiger partial charge in [-0.3, -0.25) is 10.2 Å². The second-order valence-corrected chi connectivity index (χ2v) is 9.32. The molecular formula is C25H25Cl2F5N4O6. The number of hydrazone groups is 1. The number of aliphatic hydroxyl groups excluding tert-OH is 1. The lowest BCUT2D eigenvalue weighted by atomic mass is 10.3. The predicted molar refractivity (Wildman–Crippen MR) is 145 cm³/mol. The second-order valence-electron chi connectivity index (χ2n) is 8.51. The molecule has 2 rings (SSSR count). The highest BCUT2D eigenvalue weighted by Gasteiger charge is 2.39. The first-order chi connectivity index (χ1) is 19.3. The standard InChI is InChI=1S/C13H11ClF4N2O4.C12H14ClFN2O2/c1-5(2)24-9-4-8(7(15)3-6(9)14)19-20-10(12(22)23)11(21)13(16,17)18;1-7(2)18-12-5-11(10(14)4-9(12)13)16-15-6-8(3)17/h3-5,21H,1-2H3,(H,22,23);4-7,16H,1-3H3/b;15-6-. The Labute approximate surface area is 246 Å². The zero-order chi connectivity index (χ0) is 32.4. The van der Waals surface area contributed by atoms with Crippen molar-refractivity contribution in [1.82, 2.24) is 0 Å². The summed E-state index contributed by atoms with van der Waals surface area (Å²) in [5.74, 6) is -6.21. The number of aliphatic carboxylic acids is 1. The zero-order valence-electron chi connectivity index (χ0n) is 22.6. The van der Waals surface area contributed by atoms with Crippen LogP contribution in [0.25, 0.3) is 0 Å². The van der Waals surface area contributed by atoms with E-state index < -0.39 is 40.9 Å². The molecule has 0 fully saturated rings. The Hall–Kier alpha value is -3.98. The molecule has 10 nitrogen and oxygen atoms in total. The molecule has 0 bridgehead atoms. The minimum absolute atomic E-state index is 0.0251. The lowest BCUT2D eigenvalue weighted by Gasteiger charge is -2.13. The smallest absolute Gasteiger partial charge is 0.451 e. The van der Waals surface area contributed by atoms with Gasteiger partial charge in [-0.1, -0.05) is 23.2 Å². The molecule has 0 atom stereocenters. The average Bonchev–Trinajstić information content (AvgIpc) is 2.83. The number of carboxylic acids is 1. The molecule has 0 aliphatic rings. The lowest BCUT2D eigenvalue weighted by molar-refractivity contribution is -0.138. The molecule has 2 aromatic carbocycles. The van der Waals surface area contributed by atoms with Gasteiger partial charge in [-0.2, -0.15) is 18.3 Å². The number of alkyl halides is 3. The van der Waals surface area contributed by atoms with E-state index in [9.17, 15) is 31.5 Å². The van der Waals surface area contributed by atoms with Gasteiger partial charge in [-0.15, -0.1) is 10.2 Å². The molecule has 3 N–H and O–H groups in total. The van der Waals surface area contributed by atoms with Crippen molar-refractivity contribution < 1.29 is 51.2 Å². The number of ether oxygens (including phenoxy) is 2. The minimum atomic E-state index is -5.35. The summed E-state index contributed by atoms with van der Waals surface area (Å²) in [6, 6.07) is 4.24. The van der Waals surface area contributed by atoms with Gasteiger partial charge in [0.05, 0.1) is 34.2 Å². The third-order valence-electron chi connectivity index (χ3n) is 4.13. The van der Waals surface area contributed by atoms with E-state index >= 15 is 0 Å². The monoisotopic (exact) mass is 642 g/mol. The highest BCUT2D eigenvalue weighted by molar-refractivity contribution is 6.32. The number of aliphatic hydroxyl groups is 1. The Morgan fingerprint density at radius 1 is 0.929 bits per heavy atom. The lowest BCUT2D eigenvalue weighted by Crippen LogP contribution is -2.16. The van der Waals surface area contributed by atoms with Crippen LogP contribution in [0.15, 0.2) is 51.1 Å². The second kappa shape index (κ2) is 15.9. The van der Waals surface area contributed by atoms with Crippen LogP contribution in [0.1, 0.15) is 34.6 Å². The number of allylic oxidation sites excluding steroid dienone is 1. The first-order valence-corrected chi connectivity index (χ1v) is 12.4. The number of carboxylic acid groups (broad SMARTS) is 1. The zero-order valence-corrected chi connectivity index (χ0v) is 24.1. The fourth-order valence-electron chi connectivity index (χ4n) is 2.52. The van der Waals surface area contributed by atoms with Gasteiger partial charge >= 0.3 is 12.1 Å². The first kappa shape index (κ1) is 36.0. The highest BCUT2D eigenvalue weighted by atomic mass is 35.5. The summed E-state index contributed by atoms with van der Waals surface area (Å²) in [5, 5.41) is 27.0.